The molecule has 3 rings (SSSR count). The summed E-state index contributed by atoms with van der Waals surface area (Å²) in [6, 6.07) is 7.65. The zero-order chi connectivity index (χ0) is 13.5. The van der Waals surface area contributed by atoms with Crippen LogP contribution >= 0.6 is 0 Å². The predicted molar refractivity (Wildman–Crippen MR) is 70.5 cm³/mol. The highest BCUT2D eigenvalue weighted by molar-refractivity contribution is 6.15. The molecule has 1 aromatic carbocycles. The summed E-state index contributed by atoms with van der Waals surface area (Å²) in [6.07, 6.45) is 6.24. The summed E-state index contributed by atoms with van der Waals surface area (Å²) in [6.45, 7) is 3.96. The molecule has 4 nitrogen and oxygen atoms in total. The van der Waals surface area contributed by atoms with Gasteiger partial charge in [0.15, 0.2) is 0 Å². The normalized spacial score (nSPS) is 22.6. The topological polar surface area (TPSA) is 58.9 Å². The zero-order valence-corrected chi connectivity index (χ0v) is 9.88. The number of hydrogen-bond acceptors (Lipinski definition) is 4. The summed E-state index contributed by atoms with van der Waals surface area (Å²) in [5, 5.41) is 0. The van der Waals surface area contributed by atoms with E-state index in [9.17, 15) is 9.59 Å². The third kappa shape index (κ3) is 1.36. The number of isocyanates is 2. The fourth-order valence-electron chi connectivity index (χ4n) is 2.58. The van der Waals surface area contributed by atoms with Gasteiger partial charge in [-0.05, 0) is 28.3 Å². The molecule has 0 aromatic heterocycles. The maximum absolute atomic E-state index is 10.7. The van der Waals surface area contributed by atoms with E-state index in [0.29, 0.717) is 5.57 Å². The molecule has 0 fully saturated rings. The third-order valence-corrected chi connectivity index (χ3v) is 3.35. The Morgan fingerprint density at radius 1 is 1.05 bits per heavy atom. The Morgan fingerprint density at radius 3 is 2.32 bits per heavy atom. The predicted octanol–water partition coefficient (Wildman–Crippen LogP) is 2.40. The van der Waals surface area contributed by atoms with Crippen molar-refractivity contribution in [2.24, 2.45) is 9.98 Å². The van der Waals surface area contributed by atoms with Crippen molar-refractivity contribution in [1.29, 1.82) is 0 Å². The van der Waals surface area contributed by atoms with Crippen molar-refractivity contribution in [3.05, 3.63) is 59.7 Å². The Hall–Kier alpha value is -2.80. The van der Waals surface area contributed by atoms with E-state index in [2.05, 4.69) is 16.6 Å². The van der Waals surface area contributed by atoms with Crippen LogP contribution in [0.25, 0.3) is 11.1 Å². The maximum atomic E-state index is 10.7. The van der Waals surface area contributed by atoms with Crippen LogP contribution in [0.1, 0.15) is 11.1 Å². The zero-order valence-electron chi connectivity index (χ0n) is 9.88. The van der Waals surface area contributed by atoms with Crippen LogP contribution in [0.3, 0.4) is 0 Å². The quantitative estimate of drug-likeness (QED) is 0.596. The van der Waals surface area contributed by atoms with E-state index >= 15 is 0 Å². The Bertz CT molecular complexity index is 740. The minimum absolute atomic E-state index is 0.710. The highest BCUT2D eigenvalue weighted by Crippen LogP contribution is 2.53. The van der Waals surface area contributed by atoms with Gasteiger partial charge in [0.1, 0.15) is 0 Å². The van der Waals surface area contributed by atoms with Crippen LogP contribution in [0.4, 0.5) is 0 Å². The highest BCUT2D eigenvalue weighted by atomic mass is 16.1. The molecule has 0 amide bonds. The number of benzene rings is 1. The Kier molecular flexibility index (Phi) is 2.29. The summed E-state index contributed by atoms with van der Waals surface area (Å²) in [5.74, 6) is 0. The molecule has 0 saturated carbocycles. The van der Waals surface area contributed by atoms with Crippen molar-refractivity contribution < 1.29 is 9.59 Å². The molecule has 2 aliphatic carbocycles. The van der Waals surface area contributed by atoms with Crippen molar-refractivity contribution in [2.45, 2.75) is 5.66 Å². The number of nitrogens with zero attached hydrogens (tertiary/aromatic N) is 2. The monoisotopic (exact) mass is 248 g/mol. The lowest BCUT2D eigenvalue weighted by Gasteiger charge is -2.37. The SMILES string of the molecule is C=C1C=CC(N=C=O)(N=C=O)C2=C1c1ccccc12. The molecule has 0 saturated heterocycles. The van der Waals surface area contributed by atoms with Gasteiger partial charge in [-0.15, -0.1) is 0 Å². The van der Waals surface area contributed by atoms with Crippen LogP contribution in [0, 0.1) is 0 Å². The summed E-state index contributed by atoms with van der Waals surface area (Å²) < 4.78 is 0. The lowest BCUT2D eigenvalue weighted by molar-refractivity contribution is 0.547. The maximum Gasteiger partial charge on any atom is 0.238 e. The molecule has 0 atom stereocenters. The van der Waals surface area contributed by atoms with E-state index in [4.69, 9.17) is 0 Å². The first-order valence-electron chi connectivity index (χ1n) is 5.64. The second-order valence-electron chi connectivity index (χ2n) is 4.29. The number of rotatable bonds is 2. The molecule has 19 heavy (non-hydrogen) atoms. The standard InChI is InChI=1S/C15H8N2O2/c1-10-6-7-15(16-8-18,17-9-19)14-12-5-3-2-4-11(12)13(10)14/h2-7H,1H2. The summed E-state index contributed by atoms with van der Waals surface area (Å²) >= 11 is 0. The lowest BCUT2D eigenvalue weighted by Crippen LogP contribution is -2.31. The van der Waals surface area contributed by atoms with Crippen LogP contribution in [0.2, 0.25) is 0 Å². The molecule has 0 spiro atoms. The van der Waals surface area contributed by atoms with E-state index in [0.717, 1.165) is 22.3 Å². The minimum Gasteiger partial charge on any atom is -0.211 e. The van der Waals surface area contributed by atoms with Crippen LogP contribution < -0.4 is 0 Å². The number of aliphatic imine (C=N–C) groups is 2. The fourth-order valence-corrected chi connectivity index (χ4v) is 2.58. The Balaban J connectivity index is 2.31. The molecule has 90 valence electrons. The van der Waals surface area contributed by atoms with E-state index in [1.165, 1.54) is 12.2 Å². The molecular weight excluding hydrogens is 240 g/mol. The van der Waals surface area contributed by atoms with Gasteiger partial charge in [-0.3, -0.25) is 0 Å². The van der Waals surface area contributed by atoms with Crippen LogP contribution in [-0.4, -0.2) is 17.8 Å². The van der Waals surface area contributed by atoms with Gasteiger partial charge in [0.05, 0.1) is 0 Å². The van der Waals surface area contributed by atoms with Crippen LogP contribution in [0.5, 0.6) is 0 Å². The van der Waals surface area contributed by atoms with Crippen molar-refractivity contribution in [3.8, 4) is 0 Å². The number of fused-ring (bicyclic) bond motifs is 3. The molecule has 0 unspecified atom stereocenters. The van der Waals surface area contributed by atoms with Gasteiger partial charge in [-0.1, -0.05) is 36.9 Å². The molecule has 0 radical (unpaired) electrons. The largest absolute Gasteiger partial charge is 0.238 e. The van der Waals surface area contributed by atoms with E-state index in [1.54, 1.807) is 12.2 Å². The summed E-state index contributed by atoms with van der Waals surface area (Å²) in [4.78, 5) is 28.7. The van der Waals surface area contributed by atoms with Gasteiger partial charge in [0.2, 0.25) is 17.8 Å². The average molecular weight is 248 g/mol. The third-order valence-electron chi connectivity index (χ3n) is 3.35. The Labute approximate surface area is 109 Å². The molecule has 0 N–H and O–H groups in total. The number of allylic oxidation sites excluding steroid dienone is 3. The smallest absolute Gasteiger partial charge is 0.211 e. The molecule has 1 aromatic rings. The molecule has 0 aliphatic heterocycles. The van der Waals surface area contributed by atoms with Crippen molar-refractivity contribution in [2.75, 3.05) is 0 Å². The Morgan fingerprint density at radius 2 is 1.68 bits per heavy atom. The second kappa shape index (κ2) is 3.85. The van der Waals surface area contributed by atoms with Crippen LogP contribution in [0.15, 0.2) is 58.6 Å². The molecule has 2 aliphatic rings. The van der Waals surface area contributed by atoms with E-state index < -0.39 is 5.66 Å². The van der Waals surface area contributed by atoms with Gasteiger partial charge in [0, 0.05) is 5.57 Å². The molecule has 0 bridgehead atoms. The number of carbonyl (C=O) groups excluding carboxylic acids is 2. The molecular formula is C15H8N2O2. The van der Waals surface area contributed by atoms with Gasteiger partial charge in [0.25, 0.3) is 0 Å². The van der Waals surface area contributed by atoms with Crippen molar-refractivity contribution >= 4 is 23.3 Å². The van der Waals surface area contributed by atoms with Crippen molar-refractivity contribution in [1.82, 2.24) is 0 Å². The van der Waals surface area contributed by atoms with E-state index in [1.807, 2.05) is 24.3 Å². The first-order valence-corrected chi connectivity index (χ1v) is 5.64. The van der Waals surface area contributed by atoms with Gasteiger partial charge < -0.3 is 0 Å². The van der Waals surface area contributed by atoms with Crippen molar-refractivity contribution in [3.63, 3.8) is 0 Å². The van der Waals surface area contributed by atoms with Gasteiger partial charge in [-0.2, -0.15) is 9.98 Å². The first kappa shape index (κ1) is 11.3. The van der Waals surface area contributed by atoms with Gasteiger partial charge >= 0.3 is 0 Å². The summed E-state index contributed by atoms with van der Waals surface area (Å²) in [5.41, 5.74) is 3.01. The fraction of sp³-hybridized carbons (Fsp3) is 0.0667. The minimum atomic E-state index is -1.34. The lowest BCUT2D eigenvalue weighted by atomic mass is 9.69. The first-order chi connectivity index (χ1) is 9.23. The second-order valence-corrected chi connectivity index (χ2v) is 4.29. The van der Waals surface area contributed by atoms with E-state index in [-0.39, 0.29) is 0 Å². The number of hydrogen-bond donors (Lipinski definition) is 0. The molecule has 0 heterocycles. The average Bonchev–Trinajstić information content (AvgIpc) is 2.38. The van der Waals surface area contributed by atoms with Gasteiger partial charge in [-0.25, -0.2) is 9.59 Å². The summed E-state index contributed by atoms with van der Waals surface area (Å²) in [7, 11) is 0. The highest BCUT2D eigenvalue weighted by Gasteiger charge is 2.44. The van der Waals surface area contributed by atoms with Crippen LogP contribution in [-0.2, 0) is 9.59 Å². The molecule has 4 heteroatoms.